The lowest BCUT2D eigenvalue weighted by Crippen LogP contribution is -3.04. The average molecular weight is 188 g/mol. The minimum Gasteiger partial charge on any atom is -0.595 e. The van der Waals surface area contributed by atoms with Crippen molar-refractivity contribution < 1.29 is 26.0 Å². The van der Waals surface area contributed by atoms with Crippen LogP contribution in [0.25, 0.3) is 0 Å². The van der Waals surface area contributed by atoms with Gasteiger partial charge in [-0.25, -0.2) is 10.4 Å². The molecule has 1 rings (SSSR count). The smallest absolute Gasteiger partial charge is 0.270 e. The van der Waals surface area contributed by atoms with Crippen LogP contribution in [0.5, 0.6) is 5.75 Å². The molecule has 2 unspecified atom stereocenters. The zero-order valence-corrected chi connectivity index (χ0v) is 6.39. The topological polar surface area (TPSA) is 116 Å². The van der Waals surface area contributed by atoms with Crippen LogP contribution in [0.15, 0.2) is 18.2 Å². The van der Waals surface area contributed by atoms with Gasteiger partial charge in [0.05, 0.1) is 0 Å². The van der Waals surface area contributed by atoms with E-state index in [2.05, 4.69) is 0 Å². The molecule has 72 valence electrons. The average Bonchev–Trinajstić information content (AvgIpc) is 2.02. The monoisotopic (exact) mass is 188 g/mol. The third-order valence-electron chi connectivity index (χ3n) is 1.49. The second-order valence-corrected chi connectivity index (χ2v) is 2.31. The van der Waals surface area contributed by atoms with E-state index >= 15 is 0 Å². The Morgan fingerprint density at radius 2 is 1.69 bits per heavy atom. The number of para-hydroxylation sites is 1. The van der Waals surface area contributed by atoms with E-state index in [1.807, 2.05) is 0 Å². The maximum absolute atomic E-state index is 10.5. The van der Waals surface area contributed by atoms with Crippen molar-refractivity contribution in [2.24, 2.45) is 0 Å². The van der Waals surface area contributed by atoms with Crippen LogP contribution >= 0.6 is 0 Å². The molecule has 13 heavy (non-hydrogen) atoms. The number of phenols is 1. The zero-order valence-electron chi connectivity index (χ0n) is 6.39. The van der Waals surface area contributed by atoms with E-state index in [0.29, 0.717) is 0 Å². The molecule has 0 aliphatic heterocycles. The molecule has 0 heterocycles. The first-order valence-electron chi connectivity index (χ1n) is 3.32. The van der Waals surface area contributed by atoms with Crippen molar-refractivity contribution in [1.82, 2.24) is 0 Å². The van der Waals surface area contributed by atoms with E-state index < -0.39 is 27.6 Å². The van der Waals surface area contributed by atoms with Crippen molar-refractivity contribution in [3.63, 3.8) is 0 Å². The van der Waals surface area contributed by atoms with Gasteiger partial charge in [0, 0.05) is 6.07 Å². The van der Waals surface area contributed by atoms with Gasteiger partial charge in [0.2, 0.25) is 5.69 Å². The summed E-state index contributed by atoms with van der Waals surface area (Å²) < 4.78 is 0. The van der Waals surface area contributed by atoms with Crippen LogP contribution in [0.4, 0.5) is 11.4 Å². The Hall–Kier alpha value is -1.22. The van der Waals surface area contributed by atoms with Crippen LogP contribution in [-0.2, 0) is 0 Å². The van der Waals surface area contributed by atoms with Crippen molar-refractivity contribution in [3.8, 4) is 5.75 Å². The van der Waals surface area contributed by atoms with E-state index in [9.17, 15) is 10.4 Å². The molecule has 0 saturated carbocycles. The summed E-state index contributed by atoms with van der Waals surface area (Å²) in [6.07, 6.45) is 0. The molecule has 0 bridgehead atoms. The van der Waals surface area contributed by atoms with Gasteiger partial charge in [0.25, 0.3) is 5.69 Å². The third-order valence-corrected chi connectivity index (χ3v) is 1.49. The van der Waals surface area contributed by atoms with Crippen LogP contribution in [0.2, 0.25) is 0 Å². The first kappa shape index (κ1) is 9.86. The lowest BCUT2D eigenvalue weighted by Gasteiger charge is -2.18. The van der Waals surface area contributed by atoms with Crippen molar-refractivity contribution in [3.05, 3.63) is 28.6 Å². The molecule has 0 aliphatic rings. The fourth-order valence-corrected chi connectivity index (χ4v) is 0.943. The molecule has 7 heteroatoms. The first-order chi connectivity index (χ1) is 6.04. The van der Waals surface area contributed by atoms with Crippen molar-refractivity contribution in [2.75, 3.05) is 0 Å². The normalized spacial score (nSPS) is 15.4. The molecule has 7 nitrogen and oxygen atoms in total. The molecule has 2 atom stereocenters. The predicted octanol–water partition coefficient (Wildman–Crippen LogP) is -1.80. The molecule has 0 spiro atoms. The number of phenolic OH excluding ortho intramolecular Hbond substituents is 1. The second-order valence-electron chi connectivity index (χ2n) is 2.31. The fraction of sp³-hybridized carbons (Fsp3) is 0. The molecule has 0 saturated heterocycles. The Kier molecular flexibility index (Phi) is 2.78. The highest BCUT2D eigenvalue weighted by Gasteiger charge is 2.19. The van der Waals surface area contributed by atoms with Crippen molar-refractivity contribution in [1.29, 1.82) is 0 Å². The standard InChI is InChI=1S/C6H8N2O5/c9-5-3-1-2-4(7(10)11)6(5)8(12)13/h1-3,7-10,12H. The second kappa shape index (κ2) is 3.66. The van der Waals surface area contributed by atoms with E-state index in [0.717, 1.165) is 12.1 Å². The van der Waals surface area contributed by atoms with E-state index in [1.54, 1.807) is 0 Å². The molecule has 0 aromatic heterocycles. The lowest BCUT2D eigenvalue weighted by atomic mass is 10.2. The summed E-state index contributed by atoms with van der Waals surface area (Å²) in [7, 11) is 0. The minimum atomic E-state index is -1.46. The maximum atomic E-state index is 10.5. The Morgan fingerprint density at radius 1 is 1.08 bits per heavy atom. The molecule has 1 aromatic rings. The number of benzene rings is 1. The molecule has 0 fully saturated rings. The Labute approximate surface area is 72.7 Å². The van der Waals surface area contributed by atoms with Gasteiger partial charge in [-0.2, -0.15) is 10.5 Å². The van der Waals surface area contributed by atoms with Gasteiger partial charge in [-0.1, -0.05) is 6.07 Å². The summed E-state index contributed by atoms with van der Waals surface area (Å²) in [5.74, 6) is -0.549. The Bertz CT molecular complexity index is 301. The van der Waals surface area contributed by atoms with Gasteiger partial charge in [-0.05, 0) is 6.07 Å². The molecular weight excluding hydrogens is 180 g/mol. The van der Waals surface area contributed by atoms with Crippen LogP contribution in [0, 0.1) is 10.4 Å². The quantitative estimate of drug-likeness (QED) is 0.277. The fourth-order valence-electron chi connectivity index (χ4n) is 0.943. The summed E-state index contributed by atoms with van der Waals surface area (Å²) in [5, 5.41) is 44.4. The summed E-state index contributed by atoms with van der Waals surface area (Å²) in [5.41, 5.74) is -1.01. The van der Waals surface area contributed by atoms with Crippen LogP contribution in [-0.4, -0.2) is 15.5 Å². The van der Waals surface area contributed by atoms with Gasteiger partial charge in [0.1, 0.15) is 0 Å². The van der Waals surface area contributed by atoms with Gasteiger partial charge >= 0.3 is 0 Å². The van der Waals surface area contributed by atoms with E-state index in [1.165, 1.54) is 6.07 Å². The first-order valence-corrected chi connectivity index (χ1v) is 3.32. The number of aromatic hydroxyl groups is 1. The Morgan fingerprint density at radius 3 is 2.08 bits per heavy atom. The SMILES string of the molecule is [O-][NH+](O)c1cccc(O)c1[NH+]([O-])O. The number of quaternary nitrogens is 2. The molecule has 5 N–H and O–H groups in total. The third kappa shape index (κ3) is 1.92. The number of hydrogen-bond donors (Lipinski definition) is 5. The molecule has 0 amide bonds. The highest BCUT2D eigenvalue weighted by Crippen LogP contribution is 2.24. The summed E-state index contributed by atoms with van der Waals surface area (Å²) >= 11 is 0. The van der Waals surface area contributed by atoms with E-state index in [-0.39, 0.29) is 0 Å². The molecule has 1 aromatic carbocycles. The number of rotatable bonds is 2. The number of nitrogens with one attached hydrogen (secondary N) is 2. The number of hydrogen-bond acceptors (Lipinski definition) is 5. The highest BCUT2D eigenvalue weighted by molar-refractivity contribution is 5.59. The minimum absolute atomic E-state index is 0.424. The van der Waals surface area contributed by atoms with Crippen molar-refractivity contribution >= 4 is 11.4 Å². The van der Waals surface area contributed by atoms with Gasteiger partial charge in [-0.15, -0.1) is 0 Å². The van der Waals surface area contributed by atoms with E-state index in [4.69, 9.17) is 15.5 Å². The molecular formula is C6H8N2O5. The summed E-state index contributed by atoms with van der Waals surface area (Å²) in [4.78, 5) is 0. The van der Waals surface area contributed by atoms with Crippen LogP contribution in [0.1, 0.15) is 0 Å². The molecule has 0 radical (unpaired) electrons. The van der Waals surface area contributed by atoms with Crippen LogP contribution < -0.4 is 10.5 Å². The Balaban J connectivity index is 3.26. The maximum Gasteiger partial charge on any atom is 0.270 e. The van der Waals surface area contributed by atoms with Gasteiger partial charge in [0.15, 0.2) is 5.75 Å². The zero-order chi connectivity index (χ0) is 10.0. The highest BCUT2D eigenvalue weighted by atomic mass is 16.8. The lowest BCUT2D eigenvalue weighted by molar-refractivity contribution is -1.01. The summed E-state index contributed by atoms with van der Waals surface area (Å²) in [6.45, 7) is 0. The molecule has 0 aliphatic carbocycles. The van der Waals surface area contributed by atoms with Crippen molar-refractivity contribution in [2.45, 2.75) is 0 Å². The predicted molar refractivity (Wildman–Crippen MR) is 39.7 cm³/mol. The summed E-state index contributed by atoms with van der Waals surface area (Å²) in [6, 6.07) is 3.51. The van der Waals surface area contributed by atoms with Gasteiger partial charge < -0.3 is 15.5 Å². The van der Waals surface area contributed by atoms with Gasteiger partial charge in [-0.3, -0.25) is 0 Å². The van der Waals surface area contributed by atoms with Crippen LogP contribution in [0.3, 0.4) is 0 Å². The largest absolute Gasteiger partial charge is 0.595 e.